The topological polar surface area (TPSA) is 78.5 Å². The van der Waals surface area contributed by atoms with Crippen LogP contribution in [0.15, 0.2) is 0 Å². The van der Waals surface area contributed by atoms with E-state index in [-0.39, 0.29) is 12.1 Å². The van der Waals surface area contributed by atoms with E-state index < -0.39 is 10.0 Å². The first-order chi connectivity index (χ1) is 9.71. The van der Waals surface area contributed by atoms with E-state index in [4.69, 9.17) is 0 Å². The molecular formula is C14H29N3O3S. The molecule has 1 fully saturated rings. The van der Waals surface area contributed by atoms with Crippen molar-refractivity contribution < 1.29 is 13.2 Å². The molecule has 0 radical (unpaired) electrons. The van der Waals surface area contributed by atoms with Crippen LogP contribution >= 0.6 is 0 Å². The zero-order chi connectivity index (χ0) is 16.0. The van der Waals surface area contributed by atoms with E-state index >= 15 is 0 Å². The van der Waals surface area contributed by atoms with Crippen LogP contribution in [-0.2, 0) is 10.0 Å². The maximum Gasteiger partial charge on any atom is 0.315 e. The van der Waals surface area contributed by atoms with Gasteiger partial charge in [0.1, 0.15) is 0 Å². The molecule has 2 N–H and O–H groups in total. The smallest absolute Gasteiger partial charge is 0.315 e. The first-order valence-corrected chi connectivity index (χ1v) is 9.52. The predicted octanol–water partition coefficient (Wildman–Crippen LogP) is 1.39. The van der Waals surface area contributed by atoms with Crippen molar-refractivity contribution in [3.8, 4) is 0 Å². The summed E-state index contributed by atoms with van der Waals surface area (Å²) in [5.74, 6) is 1.15. The lowest BCUT2D eigenvalue weighted by atomic mass is 9.78. The molecule has 1 saturated carbocycles. The van der Waals surface area contributed by atoms with E-state index in [1.807, 2.05) is 0 Å². The van der Waals surface area contributed by atoms with Gasteiger partial charge < -0.3 is 10.6 Å². The van der Waals surface area contributed by atoms with Gasteiger partial charge in [0.05, 0.1) is 6.26 Å². The Morgan fingerprint density at radius 2 is 1.95 bits per heavy atom. The second-order valence-electron chi connectivity index (χ2n) is 6.21. The molecule has 124 valence electrons. The van der Waals surface area contributed by atoms with Gasteiger partial charge in [0.2, 0.25) is 10.0 Å². The Hall–Kier alpha value is -0.820. The number of carbonyl (C=O) groups is 1. The predicted molar refractivity (Wildman–Crippen MR) is 84.6 cm³/mol. The molecule has 0 unspecified atom stereocenters. The molecule has 7 heteroatoms. The number of amides is 2. The van der Waals surface area contributed by atoms with Crippen LogP contribution < -0.4 is 10.6 Å². The van der Waals surface area contributed by atoms with Gasteiger partial charge >= 0.3 is 6.03 Å². The highest BCUT2D eigenvalue weighted by atomic mass is 32.2. The van der Waals surface area contributed by atoms with Gasteiger partial charge in [-0.15, -0.1) is 0 Å². The number of hydrogen-bond donors (Lipinski definition) is 2. The van der Waals surface area contributed by atoms with Crippen LogP contribution in [0.1, 0.15) is 39.5 Å². The first kappa shape index (κ1) is 18.2. The molecule has 3 atom stereocenters. The van der Waals surface area contributed by atoms with Gasteiger partial charge in [0.25, 0.3) is 0 Å². The fourth-order valence-corrected chi connectivity index (χ4v) is 3.14. The minimum Gasteiger partial charge on any atom is -0.338 e. The number of hydrogen-bond acceptors (Lipinski definition) is 3. The molecule has 0 bridgehead atoms. The van der Waals surface area contributed by atoms with E-state index in [0.29, 0.717) is 31.3 Å². The third kappa shape index (κ3) is 6.22. The summed E-state index contributed by atoms with van der Waals surface area (Å²) in [5.41, 5.74) is 0. The van der Waals surface area contributed by atoms with Crippen molar-refractivity contribution >= 4 is 16.1 Å². The van der Waals surface area contributed by atoms with Gasteiger partial charge in [0.15, 0.2) is 0 Å². The number of carbonyl (C=O) groups excluding carboxylic acids is 1. The molecule has 21 heavy (non-hydrogen) atoms. The van der Waals surface area contributed by atoms with E-state index in [9.17, 15) is 13.2 Å². The van der Waals surface area contributed by atoms with Gasteiger partial charge in [-0.05, 0) is 24.7 Å². The molecule has 6 nitrogen and oxygen atoms in total. The lowest BCUT2D eigenvalue weighted by molar-refractivity contribution is 0.195. The molecule has 0 aromatic rings. The SMILES string of the molecule is C[C@@H]1[C@H](C)CCC[C@H]1NC(=O)NCCCN(C)S(C)(=O)=O. The Kier molecular flexibility index (Phi) is 6.93. The third-order valence-corrected chi connectivity index (χ3v) is 5.84. The third-order valence-electron chi connectivity index (χ3n) is 4.52. The summed E-state index contributed by atoms with van der Waals surface area (Å²) in [6.45, 7) is 5.31. The molecule has 0 aliphatic heterocycles. The highest BCUT2D eigenvalue weighted by Crippen LogP contribution is 2.29. The van der Waals surface area contributed by atoms with Crippen LogP contribution in [0.2, 0.25) is 0 Å². The van der Waals surface area contributed by atoms with Crippen molar-refractivity contribution in [3.05, 3.63) is 0 Å². The van der Waals surface area contributed by atoms with Crippen molar-refractivity contribution in [1.82, 2.24) is 14.9 Å². The standard InChI is InChI=1S/C14H29N3O3S/c1-11-7-5-8-13(12(11)2)16-14(18)15-9-6-10-17(3)21(4,19)20/h11-13H,5-10H2,1-4H3,(H2,15,16,18)/t11-,12-,13-/m1/s1. The molecule has 2 amide bonds. The molecular weight excluding hydrogens is 290 g/mol. The summed E-state index contributed by atoms with van der Waals surface area (Å²) in [6, 6.07) is 0.0930. The Morgan fingerprint density at radius 1 is 1.29 bits per heavy atom. The summed E-state index contributed by atoms with van der Waals surface area (Å²) >= 11 is 0. The lowest BCUT2D eigenvalue weighted by Gasteiger charge is -2.34. The molecule has 0 spiro atoms. The largest absolute Gasteiger partial charge is 0.338 e. The van der Waals surface area contributed by atoms with Crippen molar-refractivity contribution in [1.29, 1.82) is 0 Å². The lowest BCUT2D eigenvalue weighted by Crippen LogP contribution is -2.48. The van der Waals surface area contributed by atoms with Crippen LogP contribution in [0.3, 0.4) is 0 Å². The monoisotopic (exact) mass is 319 g/mol. The Bertz CT molecular complexity index is 439. The summed E-state index contributed by atoms with van der Waals surface area (Å²) in [6.07, 6.45) is 5.22. The second kappa shape index (κ2) is 7.98. The molecule has 0 saturated heterocycles. The summed E-state index contributed by atoms with van der Waals surface area (Å²) in [5, 5.41) is 5.84. The number of rotatable bonds is 6. The molecule has 0 aromatic heterocycles. The van der Waals surface area contributed by atoms with Gasteiger partial charge in [-0.2, -0.15) is 0 Å². The number of nitrogens with one attached hydrogen (secondary N) is 2. The molecule has 1 aliphatic carbocycles. The highest BCUT2D eigenvalue weighted by molar-refractivity contribution is 7.88. The normalized spacial score (nSPS) is 26.6. The zero-order valence-corrected chi connectivity index (χ0v) is 14.4. The molecule has 1 rings (SSSR count). The number of nitrogens with zero attached hydrogens (tertiary/aromatic N) is 1. The summed E-state index contributed by atoms with van der Waals surface area (Å²) in [7, 11) is -1.59. The number of sulfonamides is 1. The Morgan fingerprint density at radius 3 is 2.57 bits per heavy atom. The average molecular weight is 319 g/mol. The second-order valence-corrected chi connectivity index (χ2v) is 8.30. The first-order valence-electron chi connectivity index (χ1n) is 7.67. The molecule has 0 heterocycles. The minimum absolute atomic E-state index is 0.150. The summed E-state index contributed by atoms with van der Waals surface area (Å²) < 4.78 is 23.7. The van der Waals surface area contributed by atoms with Gasteiger partial charge in [-0.1, -0.05) is 26.7 Å². The average Bonchev–Trinajstić information content (AvgIpc) is 2.38. The van der Waals surface area contributed by atoms with Crippen molar-refractivity contribution in [3.63, 3.8) is 0 Å². The summed E-state index contributed by atoms with van der Waals surface area (Å²) in [4.78, 5) is 11.9. The fourth-order valence-electron chi connectivity index (χ4n) is 2.67. The van der Waals surface area contributed by atoms with Crippen LogP contribution in [0.4, 0.5) is 4.79 Å². The maximum atomic E-state index is 11.9. The van der Waals surface area contributed by atoms with Crippen molar-refractivity contribution in [2.45, 2.75) is 45.6 Å². The van der Waals surface area contributed by atoms with E-state index in [2.05, 4.69) is 24.5 Å². The zero-order valence-electron chi connectivity index (χ0n) is 13.6. The molecule has 1 aliphatic rings. The minimum atomic E-state index is -3.13. The Labute approximate surface area is 128 Å². The van der Waals surface area contributed by atoms with E-state index in [0.717, 1.165) is 12.8 Å². The van der Waals surface area contributed by atoms with Crippen LogP contribution in [0, 0.1) is 11.8 Å². The van der Waals surface area contributed by atoms with Crippen LogP contribution in [0.5, 0.6) is 0 Å². The quantitative estimate of drug-likeness (QED) is 0.726. The van der Waals surface area contributed by atoms with Crippen LogP contribution in [-0.4, -0.2) is 51.2 Å². The Balaban J connectivity index is 2.22. The number of urea groups is 1. The molecule has 0 aromatic carbocycles. The van der Waals surface area contributed by atoms with Gasteiger partial charge in [-0.3, -0.25) is 0 Å². The fraction of sp³-hybridized carbons (Fsp3) is 0.929. The maximum absolute atomic E-state index is 11.9. The van der Waals surface area contributed by atoms with Crippen LogP contribution in [0.25, 0.3) is 0 Å². The van der Waals surface area contributed by atoms with E-state index in [1.54, 1.807) is 7.05 Å². The highest BCUT2D eigenvalue weighted by Gasteiger charge is 2.27. The van der Waals surface area contributed by atoms with Gasteiger partial charge in [-0.25, -0.2) is 17.5 Å². The van der Waals surface area contributed by atoms with Gasteiger partial charge in [0, 0.05) is 26.2 Å². The van der Waals surface area contributed by atoms with E-state index in [1.165, 1.54) is 17.0 Å². The van der Waals surface area contributed by atoms with Crippen molar-refractivity contribution in [2.24, 2.45) is 11.8 Å². The van der Waals surface area contributed by atoms with Crippen molar-refractivity contribution in [2.75, 3.05) is 26.4 Å².